The molecule has 112 valence electrons. The molecular weight excluding hydrogens is 306 g/mol. The Hall–Kier alpha value is -1.15. The molecule has 1 aromatic carbocycles. The molecule has 0 radical (unpaired) electrons. The van der Waals surface area contributed by atoms with Crippen LogP contribution in [-0.4, -0.2) is 52.1 Å². The van der Waals surface area contributed by atoms with Crippen molar-refractivity contribution in [3.05, 3.63) is 28.8 Å². The summed E-state index contributed by atoms with van der Waals surface area (Å²) in [6, 6.07) is 3.39. The van der Waals surface area contributed by atoms with Gasteiger partial charge in [-0.2, -0.15) is 0 Å². The van der Waals surface area contributed by atoms with Crippen LogP contribution in [0.1, 0.15) is 10.4 Å². The first-order valence-electron chi connectivity index (χ1n) is 5.70. The molecule has 8 heteroatoms. The van der Waals surface area contributed by atoms with Crippen LogP contribution in [0.5, 0.6) is 0 Å². The molecule has 0 aliphatic heterocycles. The molecule has 0 spiro atoms. The molecule has 0 aromatic heterocycles. The van der Waals surface area contributed by atoms with E-state index in [0.29, 0.717) is 0 Å². The lowest BCUT2D eigenvalue weighted by molar-refractivity contribution is 0.0839. The number of amides is 1. The maximum atomic E-state index is 12.0. The Kier molecular flexibility index (Phi) is 5.94. The summed E-state index contributed by atoms with van der Waals surface area (Å²) < 4.78 is 27.9. The lowest BCUT2D eigenvalue weighted by Crippen LogP contribution is -2.40. The number of aliphatic hydroxyl groups excluding tert-OH is 1. The van der Waals surface area contributed by atoms with E-state index in [1.54, 1.807) is 0 Å². The van der Waals surface area contributed by atoms with Gasteiger partial charge in [0.25, 0.3) is 5.91 Å². The molecule has 6 nitrogen and oxygen atoms in total. The summed E-state index contributed by atoms with van der Waals surface area (Å²) in [4.78, 5) is 11.9. The number of hydrogen-bond donors (Lipinski definition) is 2. The largest absolute Gasteiger partial charge is 0.394 e. The molecule has 1 aromatic rings. The van der Waals surface area contributed by atoms with Crippen LogP contribution in [-0.2, 0) is 14.6 Å². The number of hydrogen-bond acceptors (Lipinski definition) is 5. The van der Waals surface area contributed by atoms with E-state index >= 15 is 0 Å². The molecular formula is C12H16ClNO5S. The summed E-state index contributed by atoms with van der Waals surface area (Å²) in [5.74, 6) is -0.511. The SMILES string of the molecule is COCC(CO)NC(=O)c1ccc(Cl)c(S(C)(=O)=O)c1. The number of aliphatic hydroxyl groups is 1. The zero-order valence-corrected chi connectivity index (χ0v) is 12.7. The number of sulfone groups is 1. The van der Waals surface area contributed by atoms with Crippen LogP contribution < -0.4 is 5.32 Å². The van der Waals surface area contributed by atoms with Crippen molar-refractivity contribution in [1.29, 1.82) is 0 Å². The first kappa shape index (κ1) is 16.9. The van der Waals surface area contributed by atoms with Crippen molar-refractivity contribution < 1.29 is 23.1 Å². The molecule has 1 rings (SSSR count). The van der Waals surface area contributed by atoms with Gasteiger partial charge in [-0.05, 0) is 18.2 Å². The van der Waals surface area contributed by atoms with Gasteiger partial charge in [0.1, 0.15) is 0 Å². The van der Waals surface area contributed by atoms with E-state index in [1.165, 1.54) is 25.3 Å². The van der Waals surface area contributed by atoms with E-state index in [-0.39, 0.29) is 28.7 Å². The first-order chi connectivity index (χ1) is 9.29. The molecule has 0 fully saturated rings. The van der Waals surface area contributed by atoms with Crippen molar-refractivity contribution in [2.45, 2.75) is 10.9 Å². The topological polar surface area (TPSA) is 92.7 Å². The molecule has 0 heterocycles. The van der Waals surface area contributed by atoms with Crippen molar-refractivity contribution in [1.82, 2.24) is 5.32 Å². The van der Waals surface area contributed by atoms with E-state index in [9.17, 15) is 13.2 Å². The Balaban J connectivity index is 3.00. The zero-order valence-electron chi connectivity index (χ0n) is 11.1. The number of nitrogens with one attached hydrogen (secondary N) is 1. The smallest absolute Gasteiger partial charge is 0.251 e. The Bertz CT molecular complexity index is 588. The predicted molar refractivity (Wildman–Crippen MR) is 74.8 cm³/mol. The highest BCUT2D eigenvalue weighted by Crippen LogP contribution is 2.22. The standard InChI is InChI=1S/C12H16ClNO5S/c1-19-7-9(6-15)14-12(16)8-3-4-10(13)11(5-8)20(2,17)18/h3-5,9,15H,6-7H2,1-2H3,(H,14,16). The second kappa shape index (κ2) is 7.03. The number of benzene rings is 1. The normalized spacial score (nSPS) is 13.0. The van der Waals surface area contributed by atoms with Crippen LogP contribution in [0.2, 0.25) is 5.02 Å². The van der Waals surface area contributed by atoms with Gasteiger partial charge in [0, 0.05) is 18.9 Å². The number of ether oxygens (including phenoxy) is 1. The van der Waals surface area contributed by atoms with Gasteiger partial charge < -0.3 is 15.2 Å². The number of halogens is 1. The van der Waals surface area contributed by atoms with Gasteiger partial charge in [-0.1, -0.05) is 11.6 Å². The third kappa shape index (κ3) is 4.45. The number of carbonyl (C=O) groups excluding carboxylic acids is 1. The van der Waals surface area contributed by atoms with Crippen molar-refractivity contribution in [3.8, 4) is 0 Å². The highest BCUT2D eigenvalue weighted by molar-refractivity contribution is 7.90. The van der Waals surface area contributed by atoms with Crippen molar-refractivity contribution in [3.63, 3.8) is 0 Å². The van der Waals surface area contributed by atoms with Gasteiger partial charge in [-0.3, -0.25) is 4.79 Å². The highest BCUT2D eigenvalue weighted by atomic mass is 35.5. The van der Waals surface area contributed by atoms with Gasteiger partial charge in [0.2, 0.25) is 0 Å². The van der Waals surface area contributed by atoms with Gasteiger partial charge in [0.05, 0.1) is 29.2 Å². The lowest BCUT2D eigenvalue weighted by Gasteiger charge is -2.15. The third-order valence-corrected chi connectivity index (χ3v) is 4.09. The second-order valence-corrected chi connectivity index (χ2v) is 6.62. The maximum Gasteiger partial charge on any atom is 0.251 e. The van der Waals surface area contributed by atoms with Gasteiger partial charge in [-0.25, -0.2) is 8.42 Å². The van der Waals surface area contributed by atoms with Crippen molar-refractivity contribution in [2.24, 2.45) is 0 Å². The lowest BCUT2D eigenvalue weighted by atomic mass is 10.2. The summed E-state index contributed by atoms with van der Waals surface area (Å²) in [6.07, 6.45) is 1.01. The zero-order chi connectivity index (χ0) is 15.3. The van der Waals surface area contributed by atoms with Crippen LogP contribution in [0.15, 0.2) is 23.1 Å². The van der Waals surface area contributed by atoms with Crippen LogP contribution in [0.25, 0.3) is 0 Å². The molecule has 0 bridgehead atoms. The summed E-state index contributed by atoms with van der Waals surface area (Å²) in [5.41, 5.74) is 0.143. The van der Waals surface area contributed by atoms with Crippen LogP contribution in [0.3, 0.4) is 0 Å². The Labute approximate surface area is 122 Å². The molecule has 0 saturated carbocycles. The van der Waals surface area contributed by atoms with Gasteiger partial charge in [0.15, 0.2) is 9.84 Å². The summed E-state index contributed by atoms with van der Waals surface area (Å²) in [6.45, 7) is -0.138. The van der Waals surface area contributed by atoms with E-state index in [0.717, 1.165) is 6.26 Å². The van der Waals surface area contributed by atoms with Crippen molar-refractivity contribution >= 4 is 27.3 Å². The minimum absolute atomic E-state index is 0.0552. The van der Waals surface area contributed by atoms with Gasteiger partial charge >= 0.3 is 0 Å². The number of carbonyl (C=O) groups is 1. The average Bonchev–Trinajstić information content (AvgIpc) is 2.37. The first-order valence-corrected chi connectivity index (χ1v) is 7.96. The maximum absolute atomic E-state index is 12.0. The van der Waals surface area contributed by atoms with E-state index in [4.69, 9.17) is 21.4 Å². The fraction of sp³-hybridized carbons (Fsp3) is 0.417. The minimum atomic E-state index is -3.52. The van der Waals surface area contributed by atoms with E-state index < -0.39 is 21.8 Å². The second-order valence-electron chi connectivity index (χ2n) is 4.23. The van der Waals surface area contributed by atoms with E-state index in [1.807, 2.05) is 0 Å². The molecule has 0 saturated heterocycles. The molecule has 0 aliphatic carbocycles. The molecule has 1 amide bonds. The summed E-state index contributed by atoms with van der Waals surface area (Å²) >= 11 is 5.80. The number of methoxy groups -OCH3 is 1. The molecule has 1 atom stereocenters. The average molecular weight is 322 g/mol. The molecule has 20 heavy (non-hydrogen) atoms. The third-order valence-electron chi connectivity index (χ3n) is 2.52. The van der Waals surface area contributed by atoms with Crippen molar-refractivity contribution in [2.75, 3.05) is 26.6 Å². The summed E-state index contributed by atoms with van der Waals surface area (Å²) in [7, 11) is -2.08. The summed E-state index contributed by atoms with van der Waals surface area (Å²) in [5, 5.41) is 11.7. The molecule has 0 aliphatic rings. The Morgan fingerprint density at radius 3 is 2.65 bits per heavy atom. The number of rotatable bonds is 6. The minimum Gasteiger partial charge on any atom is -0.394 e. The van der Waals surface area contributed by atoms with Gasteiger partial charge in [-0.15, -0.1) is 0 Å². The monoisotopic (exact) mass is 321 g/mol. The van der Waals surface area contributed by atoms with Crippen LogP contribution in [0, 0.1) is 0 Å². The molecule has 2 N–H and O–H groups in total. The predicted octanol–water partition coefficient (Wildman–Crippen LogP) is 0.481. The Morgan fingerprint density at radius 1 is 1.50 bits per heavy atom. The quantitative estimate of drug-likeness (QED) is 0.795. The van der Waals surface area contributed by atoms with Crippen LogP contribution in [0.4, 0.5) is 0 Å². The molecule has 1 unspecified atom stereocenters. The Morgan fingerprint density at radius 2 is 2.15 bits per heavy atom. The van der Waals surface area contributed by atoms with E-state index in [2.05, 4.69) is 5.32 Å². The fourth-order valence-corrected chi connectivity index (χ4v) is 2.84. The highest BCUT2D eigenvalue weighted by Gasteiger charge is 2.17. The fourth-order valence-electron chi connectivity index (χ4n) is 1.54. The van der Waals surface area contributed by atoms with Crippen LogP contribution >= 0.6 is 11.6 Å².